The lowest BCUT2D eigenvalue weighted by molar-refractivity contribution is -0.142. The molecule has 0 saturated carbocycles. The SMILES string of the molecule is Cc1ccc(CNC(=O)C2Cc3ccccc3CN2C(=O)CC(C)C)c(C)c1. The first-order valence-corrected chi connectivity index (χ1v) is 10.0. The summed E-state index contributed by atoms with van der Waals surface area (Å²) in [5.74, 6) is 0.242. The van der Waals surface area contributed by atoms with Gasteiger partial charge in [-0.05, 0) is 42.0 Å². The molecule has 0 spiro atoms. The summed E-state index contributed by atoms with van der Waals surface area (Å²) in [4.78, 5) is 27.7. The van der Waals surface area contributed by atoms with Crippen molar-refractivity contribution in [2.24, 2.45) is 5.92 Å². The first-order valence-electron chi connectivity index (χ1n) is 10.0. The first kappa shape index (κ1) is 20.1. The second-order valence-corrected chi connectivity index (χ2v) is 8.26. The zero-order valence-electron chi connectivity index (χ0n) is 17.3. The summed E-state index contributed by atoms with van der Waals surface area (Å²) in [6.07, 6.45) is 1.03. The molecular formula is C24H30N2O2. The molecule has 0 aliphatic carbocycles. The van der Waals surface area contributed by atoms with Crippen molar-refractivity contribution in [3.8, 4) is 0 Å². The van der Waals surface area contributed by atoms with Gasteiger partial charge in [0.2, 0.25) is 11.8 Å². The van der Waals surface area contributed by atoms with Crippen LogP contribution in [0.5, 0.6) is 0 Å². The van der Waals surface area contributed by atoms with Crippen LogP contribution >= 0.6 is 0 Å². The van der Waals surface area contributed by atoms with Gasteiger partial charge in [-0.1, -0.05) is 61.9 Å². The van der Waals surface area contributed by atoms with Crippen molar-refractivity contribution in [3.63, 3.8) is 0 Å². The maximum atomic E-state index is 13.1. The highest BCUT2D eigenvalue weighted by atomic mass is 16.2. The molecule has 2 aromatic rings. The van der Waals surface area contributed by atoms with Crippen LogP contribution in [0.3, 0.4) is 0 Å². The molecule has 0 aromatic heterocycles. The lowest BCUT2D eigenvalue weighted by Crippen LogP contribution is -2.52. The molecule has 28 heavy (non-hydrogen) atoms. The van der Waals surface area contributed by atoms with Gasteiger partial charge in [-0.25, -0.2) is 0 Å². The number of hydrogen-bond donors (Lipinski definition) is 1. The Morgan fingerprint density at radius 3 is 2.50 bits per heavy atom. The van der Waals surface area contributed by atoms with Gasteiger partial charge in [0.25, 0.3) is 0 Å². The molecule has 1 unspecified atom stereocenters. The molecule has 1 N–H and O–H groups in total. The minimum Gasteiger partial charge on any atom is -0.350 e. The Labute approximate surface area is 167 Å². The number of nitrogens with zero attached hydrogens (tertiary/aromatic N) is 1. The van der Waals surface area contributed by atoms with Crippen molar-refractivity contribution in [1.29, 1.82) is 0 Å². The van der Waals surface area contributed by atoms with Crippen LogP contribution in [0.4, 0.5) is 0 Å². The van der Waals surface area contributed by atoms with E-state index in [1.54, 1.807) is 4.90 Å². The molecule has 1 heterocycles. The summed E-state index contributed by atoms with van der Waals surface area (Å²) in [6.45, 7) is 9.17. The molecule has 4 nitrogen and oxygen atoms in total. The van der Waals surface area contributed by atoms with E-state index in [2.05, 4.69) is 49.5 Å². The van der Waals surface area contributed by atoms with Gasteiger partial charge >= 0.3 is 0 Å². The average molecular weight is 379 g/mol. The third-order valence-electron chi connectivity index (χ3n) is 5.41. The summed E-state index contributed by atoms with van der Waals surface area (Å²) in [5, 5.41) is 3.07. The van der Waals surface area contributed by atoms with Gasteiger partial charge in [-0.3, -0.25) is 9.59 Å². The number of nitrogens with one attached hydrogen (secondary N) is 1. The number of fused-ring (bicyclic) bond motifs is 1. The Morgan fingerprint density at radius 2 is 1.82 bits per heavy atom. The minimum atomic E-state index is -0.452. The Kier molecular flexibility index (Phi) is 6.18. The Balaban J connectivity index is 1.77. The summed E-state index contributed by atoms with van der Waals surface area (Å²) < 4.78 is 0. The largest absolute Gasteiger partial charge is 0.350 e. The number of hydrogen-bond acceptors (Lipinski definition) is 2. The number of rotatable bonds is 5. The van der Waals surface area contributed by atoms with Gasteiger partial charge in [-0.15, -0.1) is 0 Å². The third-order valence-corrected chi connectivity index (χ3v) is 5.41. The molecular weight excluding hydrogens is 348 g/mol. The van der Waals surface area contributed by atoms with E-state index in [0.29, 0.717) is 25.9 Å². The van der Waals surface area contributed by atoms with Crippen LogP contribution in [0.25, 0.3) is 0 Å². The zero-order chi connectivity index (χ0) is 20.3. The fraction of sp³-hybridized carbons (Fsp3) is 0.417. The van der Waals surface area contributed by atoms with E-state index < -0.39 is 6.04 Å². The fourth-order valence-electron chi connectivity index (χ4n) is 3.83. The van der Waals surface area contributed by atoms with E-state index in [0.717, 1.165) is 16.7 Å². The maximum absolute atomic E-state index is 13.1. The number of carbonyl (C=O) groups is 2. The highest BCUT2D eigenvalue weighted by Gasteiger charge is 2.34. The topological polar surface area (TPSA) is 49.4 Å². The Hall–Kier alpha value is -2.62. The quantitative estimate of drug-likeness (QED) is 0.857. The molecule has 1 aliphatic heterocycles. The van der Waals surface area contributed by atoms with Crippen LogP contribution in [0.15, 0.2) is 42.5 Å². The standard InChI is InChI=1S/C24H30N2O2/c1-16(2)11-23(27)26-15-21-8-6-5-7-19(21)13-22(26)24(28)25-14-20-10-9-17(3)12-18(20)4/h5-10,12,16,22H,11,13-15H2,1-4H3,(H,25,28). The van der Waals surface area contributed by atoms with Crippen LogP contribution in [-0.4, -0.2) is 22.8 Å². The molecule has 4 heteroatoms. The van der Waals surface area contributed by atoms with Gasteiger partial charge in [-0.2, -0.15) is 0 Å². The van der Waals surface area contributed by atoms with Crippen LogP contribution in [0.2, 0.25) is 0 Å². The van der Waals surface area contributed by atoms with Gasteiger partial charge < -0.3 is 10.2 Å². The van der Waals surface area contributed by atoms with E-state index in [-0.39, 0.29) is 17.7 Å². The summed E-state index contributed by atoms with van der Waals surface area (Å²) in [7, 11) is 0. The van der Waals surface area contributed by atoms with Crippen molar-refractivity contribution in [1.82, 2.24) is 10.2 Å². The number of amides is 2. The fourth-order valence-corrected chi connectivity index (χ4v) is 3.83. The highest BCUT2D eigenvalue weighted by Crippen LogP contribution is 2.25. The van der Waals surface area contributed by atoms with Crippen LogP contribution in [0, 0.1) is 19.8 Å². The Morgan fingerprint density at radius 1 is 1.11 bits per heavy atom. The number of benzene rings is 2. The van der Waals surface area contributed by atoms with Gasteiger partial charge in [0, 0.05) is 25.9 Å². The molecule has 0 fully saturated rings. The molecule has 148 valence electrons. The monoisotopic (exact) mass is 378 g/mol. The predicted octanol–water partition coefficient (Wildman–Crippen LogP) is 3.92. The molecule has 0 bridgehead atoms. The molecule has 0 saturated heterocycles. The van der Waals surface area contributed by atoms with Gasteiger partial charge in [0.15, 0.2) is 0 Å². The van der Waals surface area contributed by atoms with Gasteiger partial charge in [0.05, 0.1) is 0 Å². The lowest BCUT2D eigenvalue weighted by Gasteiger charge is -2.36. The molecule has 1 aliphatic rings. The molecule has 0 radical (unpaired) electrons. The van der Waals surface area contributed by atoms with Crippen molar-refractivity contribution in [2.75, 3.05) is 0 Å². The van der Waals surface area contributed by atoms with Crippen LogP contribution in [0.1, 0.15) is 48.1 Å². The predicted molar refractivity (Wildman–Crippen MR) is 112 cm³/mol. The highest BCUT2D eigenvalue weighted by molar-refractivity contribution is 5.88. The van der Waals surface area contributed by atoms with Crippen molar-refractivity contribution >= 4 is 11.8 Å². The molecule has 2 aromatic carbocycles. The van der Waals surface area contributed by atoms with Crippen molar-refractivity contribution in [3.05, 3.63) is 70.3 Å². The van der Waals surface area contributed by atoms with E-state index in [4.69, 9.17) is 0 Å². The summed E-state index contributed by atoms with van der Waals surface area (Å²) >= 11 is 0. The minimum absolute atomic E-state index is 0.0520. The van der Waals surface area contributed by atoms with Crippen LogP contribution in [-0.2, 0) is 29.1 Å². The van der Waals surface area contributed by atoms with Crippen LogP contribution < -0.4 is 5.32 Å². The van der Waals surface area contributed by atoms with E-state index >= 15 is 0 Å². The third kappa shape index (κ3) is 4.61. The average Bonchev–Trinajstić information content (AvgIpc) is 2.65. The second-order valence-electron chi connectivity index (χ2n) is 8.26. The van der Waals surface area contributed by atoms with E-state index in [1.165, 1.54) is 11.1 Å². The molecule has 2 amide bonds. The van der Waals surface area contributed by atoms with Crippen molar-refractivity contribution in [2.45, 2.75) is 59.7 Å². The second kappa shape index (κ2) is 8.59. The van der Waals surface area contributed by atoms with E-state index in [1.807, 2.05) is 26.0 Å². The van der Waals surface area contributed by atoms with Gasteiger partial charge in [0.1, 0.15) is 6.04 Å². The lowest BCUT2D eigenvalue weighted by atomic mass is 9.92. The number of aryl methyl sites for hydroxylation is 2. The number of carbonyl (C=O) groups excluding carboxylic acids is 2. The van der Waals surface area contributed by atoms with Crippen molar-refractivity contribution < 1.29 is 9.59 Å². The molecule has 3 rings (SSSR count). The molecule has 1 atom stereocenters. The normalized spacial score (nSPS) is 16.0. The smallest absolute Gasteiger partial charge is 0.243 e. The summed E-state index contributed by atoms with van der Waals surface area (Å²) in [6, 6.07) is 13.9. The van der Waals surface area contributed by atoms with E-state index in [9.17, 15) is 9.59 Å². The summed E-state index contributed by atoms with van der Waals surface area (Å²) in [5.41, 5.74) is 5.78. The maximum Gasteiger partial charge on any atom is 0.243 e. The zero-order valence-corrected chi connectivity index (χ0v) is 17.3. The first-order chi connectivity index (χ1) is 13.3. The Bertz CT molecular complexity index is 873.